The molecule has 1 aromatic rings. The number of hydrogen-bond acceptors (Lipinski definition) is 4. The molecule has 120 valence electrons. The van der Waals surface area contributed by atoms with Gasteiger partial charge in [0, 0.05) is 32.8 Å². The molecule has 5 heteroatoms. The second-order valence-electron chi connectivity index (χ2n) is 5.98. The Morgan fingerprint density at radius 3 is 2.77 bits per heavy atom. The standard InChI is InChI=1S/C17H24N2O3/c18-12-15-13-19(9-5-10-21-15)16(20)17(8-4-11-22-17)14-6-2-1-3-7-14/h1-3,6-7,15H,4-5,8-13,18H2. The average Bonchev–Trinajstić information content (AvgIpc) is 2.95. The second-order valence-corrected chi connectivity index (χ2v) is 5.98. The van der Waals surface area contributed by atoms with Gasteiger partial charge in [0.2, 0.25) is 0 Å². The van der Waals surface area contributed by atoms with Gasteiger partial charge in [-0.1, -0.05) is 30.3 Å². The summed E-state index contributed by atoms with van der Waals surface area (Å²) in [5, 5.41) is 0. The maximum absolute atomic E-state index is 13.2. The van der Waals surface area contributed by atoms with E-state index >= 15 is 0 Å². The van der Waals surface area contributed by atoms with Gasteiger partial charge in [-0.25, -0.2) is 0 Å². The topological polar surface area (TPSA) is 64.8 Å². The number of hydrogen-bond donors (Lipinski definition) is 1. The van der Waals surface area contributed by atoms with Crippen LogP contribution in [0.3, 0.4) is 0 Å². The van der Waals surface area contributed by atoms with E-state index in [-0.39, 0.29) is 12.0 Å². The number of rotatable bonds is 3. The van der Waals surface area contributed by atoms with E-state index < -0.39 is 5.60 Å². The van der Waals surface area contributed by atoms with Crippen molar-refractivity contribution >= 4 is 5.91 Å². The van der Waals surface area contributed by atoms with Crippen molar-refractivity contribution in [3.63, 3.8) is 0 Å². The van der Waals surface area contributed by atoms with E-state index in [0.717, 1.165) is 24.8 Å². The summed E-state index contributed by atoms with van der Waals surface area (Å²) in [5.41, 5.74) is 5.86. The van der Waals surface area contributed by atoms with Crippen LogP contribution in [0.25, 0.3) is 0 Å². The fraction of sp³-hybridized carbons (Fsp3) is 0.588. The van der Waals surface area contributed by atoms with Crippen LogP contribution in [0.5, 0.6) is 0 Å². The molecule has 2 aliphatic heterocycles. The lowest BCUT2D eigenvalue weighted by atomic mass is 9.89. The largest absolute Gasteiger partial charge is 0.375 e. The summed E-state index contributed by atoms with van der Waals surface area (Å²) >= 11 is 0. The van der Waals surface area contributed by atoms with Crippen molar-refractivity contribution in [2.75, 3.05) is 32.8 Å². The van der Waals surface area contributed by atoms with E-state index in [9.17, 15) is 4.79 Å². The fourth-order valence-corrected chi connectivity index (χ4v) is 3.34. The third-order valence-electron chi connectivity index (χ3n) is 4.51. The van der Waals surface area contributed by atoms with Gasteiger partial charge >= 0.3 is 0 Å². The predicted octanol–water partition coefficient (Wildman–Crippen LogP) is 1.27. The molecular formula is C17H24N2O3. The first-order chi connectivity index (χ1) is 10.8. The highest BCUT2D eigenvalue weighted by atomic mass is 16.5. The number of amides is 1. The van der Waals surface area contributed by atoms with Crippen LogP contribution >= 0.6 is 0 Å². The Labute approximate surface area is 131 Å². The van der Waals surface area contributed by atoms with E-state index in [1.54, 1.807) is 0 Å². The number of nitrogens with two attached hydrogens (primary N) is 1. The Kier molecular flexibility index (Phi) is 4.76. The van der Waals surface area contributed by atoms with Gasteiger partial charge in [-0.2, -0.15) is 0 Å². The van der Waals surface area contributed by atoms with E-state index in [4.69, 9.17) is 15.2 Å². The molecule has 2 atom stereocenters. The molecule has 3 rings (SSSR count). The van der Waals surface area contributed by atoms with E-state index in [1.165, 1.54) is 0 Å². The quantitative estimate of drug-likeness (QED) is 0.913. The van der Waals surface area contributed by atoms with Gasteiger partial charge in [-0.05, 0) is 24.8 Å². The van der Waals surface area contributed by atoms with Crippen LogP contribution in [-0.4, -0.2) is 49.8 Å². The molecule has 22 heavy (non-hydrogen) atoms. The summed E-state index contributed by atoms with van der Waals surface area (Å²) in [5.74, 6) is 0.0557. The molecule has 0 saturated carbocycles. The van der Waals surface area contributed by atoms with E-state index in [0.29, 0.717) is 32.8 Å². The zero-order valence-electron chi connectivity index (χ0n) is 12.9. The van der Waals surface area contributed by atoms with Gasteiger partial charge in [0.05, 0.1) is 6.10 Å². The molecule has 0 radical (unpaired) electrons. The zero-order chi connectivity index (χ0) is 15.4. The molecule has 1 amide bonds. The van der Waals surface area contributed by atoms with Crippen LogP contribution in [0.2, 0.25) is 0 Å². The van der Waals surface area contributed by atoms with Crippen LogP contribution in [0, 0.1) is 0 Å². The molecule has 0 aliphatic carbocycles. The van der Waals surface area contributed by atoms with Gasteiger partial charge in [-0.15, -0.1) is 0 Å². The molecule has 2 heterocycles. The molecular weight excluding hydrogens is 280 g/mol. The molecule has 2 aliphatic rings. The maximum atomic E-state index is 13.2. The van der Waals surface area contributed by atoms with Crippen molar-refractivity contribution in [2.45, 2.75) is 31.0 Å². The highest BCUT2D eigenvalue weighted by molar-refractivity contribution is 5.87. The van der Waals surface area contributed by atoms with Gasteiger partial charge in [-0.3, -0.25) is 4.79 Å². The van der Waals surface area contributed by atoms with Gasteiger partial charge in [0.15, 0.2) is 5.60 Å². The minimum atomic E-state index is -0.829. The Hall–Kier alpha value is -1.43. The first-order valence-corrected chi connectivity index (χ1v) is 8.07. The Bertz CT molecular complexity index is 500. The minimum Gasteiger partial charge on any atom is -0.375 e. The third-order valence-corrected chi connectivity index (χ3v) is 4.51. The highest BCUT2D eigenvalue weighted by Gasteiger charge is 2.47. The number of nitrogens with zero attached hydrogens (tertiary/aromatic N) is 1. The van der Waals surface area contributed by atoms with Gasteiger partial charge in [0.25, 0.3) is 5.91 Å². The van der Waals surface area contributed by atoms with Crippen molar-refractivity contribution in [1.82, 2.24) is 4.90 Å². The summed E-state index contributed by atoms with van der Waals surface area (Å²) in [4.78, 5) is 15.1. The highest BCUT2D eigenvalue weighted by Crippen LogP contribution is 2.38. The lowest BCUT2D eigenvalue weighted by Gasteiger charge is -2.34. The molecule has 0 bridgehead atoms. The minimum absolute atomic E-state index is 0.0557. The molecule has 2 N–H and O–H groups in total. The molecule has 2 fully saturated rings. The fourth-order valence-electron chi connectivity index (χ4n) is 3.34. The zero-order valence-corrected chi connectivity index (χ0v) is 12.9. The summed E-state index contributed by atoms with van der Waals surface area (Å²) in [6.45, 7) is 2.97. The third kappa shape index (κ3) is 2.89. The lowest BCUT2D eigenvalue weighted by molar-refractivity contribution is -0.155. The molecule has 0 spiro atoms. The van der Waals surface area contributed by atoms with Crippen LogP contribution in [-0.2, 0) is 19.9 Å². The number of carbonyl (C=O) groups excluding carboxylic acids is 1. The van der Waals surface area contributed by atoms with Crippen LogP contribution < -0.4 is 5.73 Å². The monoisotopic (exact) mass is 304 g/mol. The summed E-state index contributed by atoms with van der Waals surface area (Å²) in [7, 11) is 0. The summed E-state index contributed by atoms with van der Waals surface area (Å²) in [6, 6.07) is 9.84. The second kappa shape index (κ2) is 6.77. The Morgan fingerprint density at radius 1 is 1.27 bits per heavy atom. The molecule has 0 aromatic heterocycles. The van der Waals surface area contributed by atoms with Crippen LogP contribution in [0.15, 0.2) is 30.3 Å². The van der Waals surface area contributed by atoms with E-state index in [2.05, 4.69) is 0 Å². The molecule has 5 nitrogen and oxygen atoms in total. The lowest BCUT2D eigenvalue weighted by Crippen LogP contribution is -2.49. The normalized spacial score (nSPS) is 29.3. The van der Waals surface area contributed by atoms with Crippen molar-refractivity contribution in [3.05, 3.63) is 35.9 Å². The number of benzene rings is 1. The van der Waals surface area contributed by atoms with Crippen LogP contribution in [0.4, 0.5) is 0 Å². The Morgan fingerprint density at radius 2 is 2.09 bits per heavy atom. The molecule has 2 unspecified atom stereocenters. The summed E-state index contributed by atoms with van der Waals surface area (Å²) in [6.07, 6.45) is 2.40. The first kappa shape index (κ1) is 15.5. The SMILES string of the molecule is NCC1CN(C(=O)C2(c3ccccc3)CCCO2)CCCO1. The molecule has 2 saturated heterocycles. The van der Waals surface area contributed by atoms with Crippen LogP contribution in [0.1, 0.15) is 24.8 Å². The van der Waals surface area contributed by atoms with E-state index in [1.807, 2.05) is 35.2 Å². The molecule has 1 aromatic carbocycles. The number of carbonyl (C=O) groups is 1. The average molecular weight is 304 g/mol. The van der Waals surface area contributed by atoms with Crippen molar-refractivity contribution in [3.8, 4) is 0 Å². The van der Waals surface area contributed by atoms with Gasteiger partial charge in [0.1, 0.15) is 0 Å². The Balaban J connectivity index is 1.86. The smallest absolute Gasteiger partial charge is 0.259 e. The van der Waals surface area contributed by atoms with Crippen molar-refractivity contribution in [1.29, 1.82) is 0 Å². The summed E-state index contributed by atoms with van der Waals surface area (Å²) < 4.78 is 11.7. The predicted molar refractivity (Wildman–Crippen MR) is 83.3 cm³/mol. The first-order valence-electron chi connectivity index (χ1n) is 8.07. The van der Waals surface area contributed by atoms with Gasteiger partial charge < -0.3 is 20.1 Å². The maximum Gasteiger partial charge on any atom is 0.259 e. The van der Waals surface area contributed by atoms with Crippen molar-refractivity contribution in [2.24, 2.45) is 5.73 Å². The number of ether oxygens (including phenoxy) is 2. The van der Waals surface area contributed by atoms with Crippen molar-refractivity contribution < 1.29 is 14.3 Å².